The average molecular weight is 277 g/mol. The number of hydrogen-bond acceptors (Lipinski definition) is 5. The van der Waals surface area contributed by atoms with Gasteiger partial charge in [0, 0.05) is 19.2 Å². The molecule has 0 spiro atoms. The van der Waals surface area contributed by atoms with Crippen molar-refractivity contribution in [1.29, 1.82) is 0 Å². The molecule has 19 heavy (non-hydrogen) atoms. The molecule has 0 aliphatic carbocycles. The molecular formula is C14H19N3OS. The first-order valence-corrected chi connectivity index (χ1v) is 7.42. The van der Waals surface area contributed by atoms with Crippen LogP contribution in [0.3, 0.4) is 0 Å². The van der Waals surface area contributed by atoms with Crippen LogP contribution in [0.25, 0.3) is 10.2 Å². The zero-order chi connectivity index (χ0) is 13.4. The van der Waals surface area contributed by atoms with Crippen molar-refractivity contribution in [2.24, 2.45) is 0 Å². The fourth-order valence-corrected chi connectivity index (χ4v) is 3.59. The fourth-order valence-electron chi connectivity index (χ4n) is 2.79. The summed E-state index contributed by atoms with van der Waals surface area (Å²) >= 11 is 1.55. The predicted octanol–water partition coefficient (Wildman–Crippen LogP) is 2.49. The summed E-state index contributed by atoms with van der Waals surface area (Å²) in [5.74, 6) is 0. The molecule has 1 aromatic heterocycles. The van der Waals surface area contributed by atoms with E-state index in [0.29, 0.717) is 17.3 Å². The molecule has 0 radical (unpaired) electrons. The lowest BCUT2D eigenvalue weighted by Gasteiger charge is -2.26. The largest absolute Gasteiger partial charge is 0.377 e. The number of nitrogen functional groups attached to an aromatic ring is 1. The van der Waals surface area contributed by atoms with Crippen molar-refractivity contribution in [3.63, 3.8) is 0 Å². The zero-order valence-corrected chi connectivity index (χ0v) is 12.1. The Hall–Kier alpha value is -1.17. The minimum Gasteiger partial charge on any atom is -0.377 e. The molecule has 2 unspecified atom stereocenters. The third-order valence-corrected chi connectivity index (χ3v) is 4.65. The van der Waals surface area contributed by atoms with Gasteiger partial charge in [0.2, 0.25) is 0 Å². The lowest BCUT2D eigenvalue weighted by molar-refractivity contribution is 0.0814. The van der Waals surface area contributed by atoms with Crippen molar-refractivity contribution >= 4 is 26.7 Å². The Bertz CT molecular complexity index is 583. The first kappa shape index (κ1) is 12.8. The summed E-state index contributed by atoms with van der Waals surface area (Å²) in [7, 11) is 2.17. The van der Waals surface area contributed by atoms with Crippen LogP contribution < -0.4 is 5.73 Å². The molecule has 0 saturated carbocycles. The average Bonchev–Trinajstić information content (AvgIpc) is 2.93. The van der Waals surface area contributed by atoms with Gasteiger partial charge in [0.15, 0.2) is 5.13 Å². The van der Waals surface area contributed by atoms with Crippen LogP contribution in [0.15, 0.2) is 18.2 Å². The van der Waals surface area contributed by atoms with Gasteiger partial charge in [-0.1, -0.05) is 17.4 Å². The van der Waals surface area contributed by atoms with Gasteiger partial charge in [-0.3, -0.25) is 4.90 Å². The molecule has 1 fully saturated rings. The van der Waals surface area contributed by atoms with Gasteiger partial charge in [-0.15, -0.1) is 0 Å². The van der Waals surface area contributed by atoms with E-state index in [4.69, 9.17) is 10.5 Å². The number of nitrogens with two attached hydrogens (primary N) is 1. The van der Waals surface area contributed by atoms with E-state index in [-0.39, 0.29) is 0 Å². The minimum absolute atomic E-state index is 0.327. The number of benzene rings is 1. The van der Waals surface area contributed by atoms with Crippen LogP contribution in [-0.4, -0.2) is 35.7 Å². The van der Waals surface area contributed by atoms with Gasteiger partial charge in [-0.05, 0) is 38.1 Å². The van der Waals surface area contributed by atoms with E-state index >= 15 is 0 Å². The number of thiazole rings is 1. The zero-order valence-electron chi connectivity index (χ0n) is 11.3. The van der Waals surface area contributed by atoms with Gasteiger partial charge in [0.25, 0.3) is 0 Å². The summed E-state index contributed by atoms with van der Waals surface area (Å²) in [6, 6.07) is 6.90. The van der Waals surface area contributed by atoms with Crippen molar-refractivity contribution in [1.82, 2.24) is 9.88 Å². The highest BCUT2D eigenvalue weighted by Crippen LogP contribution is 2.26. The summed E-state index contributed by atoms with van der Waals surface area (Å²) in [6.07, 6.45) is 1.45. The van der Waals surface area contributed by atoms with Gasteiger partial charge < -0.3 is 10.5 Å². The second-order valence-corrected chi connectivity index (χ2v) is 6.26. The second-order valence-electron chi connectivity index (χ2n) is 5.20. The minimum atomic E-state index is 0.327. The van der Waals surface area contributed by atoms with Crippen molar-refractivity contribution in [2.45, 2.75) is 32.0 Å². The van der Waals surface area contributed by atoms with E-state index in [1.165, 1.54) is 10.3 Å². The Kier molecular flexibility index (Phi) is 3.43. The van der Waals surface area contributed by atoms with E-state index in [2.05, 4.69) is 42.1 Å². The Labute approximate surface area is 117 Å². The van der Waals surface area contributed by atoms with Crippen LogP contribution >= 0.6 is 11.3 Å². The highest BCUT2D eigenvalue weighted by atomic mass is 32.1. The molecular weight excluding hydrogens is 258 g/mol. The number of anilines is 1. The van der Waals surface area contributed by atoms with Crippen LogP contribution in [-0.2, 0) is 11.3 Å². The number of rotatable bonds is 3. The van der Waals surface area contributed by atoms with Gasteiger partial charge in [-0.2, -0.15) is 0 Å². The smallest absolute Gasteiger partial charge is 0.181 e. The third-order valence-electron chi connectivity index (χ3n) is 3.80. The lowest BCUT2D eigenvalue weighted by Crippen LogP contribution is -2.36. The highest BCUT2D eigenvalue weighted by molar-refractivity contribution is 7.22. The molecule has 5 heteroatoms. The summed E-state index contributed by atoms with van der Waals surface area (Å²) in [6.45, 7) is 3.97. The van der Waals surface area contributed by atoms with Crippen LogP contribution in [0.5, 0.6) is 0 Å². The van der Waals surface area contributed by atoms with Crippen LogP contribution in [0.2, 0.25) is 0 Å². The van der Waals surface area contributed by atoms with Crippen LogP contribution in [0.4, 0.5) is 5.13 Å². The number of fused-ring (bicyclic) bond motifs is 1. The van der Waals surface area contributed by atoms with Gasteiger partial charge in [-0.25, -0.2) is 4.98 Å². The molecule has 2 atom stereocenters. The second kappa shape index (κ2) is 5.07. The molecule has 4 nitrogen and oxygen atoms in total. The number of ether oxygens (including phenoxy) is 1. The molecule has 2 heterocycles. The van der Waals surface area contributed by atoms with Gasteiger partial charge in [0.1, 0.15) is 0 Å². The van der Waals surface area contributed by atoms with Crippen molar-refractivity contribution < 1.29 is 4.74 Å². The molecule has 2 N–H and O–H groups in total. The topological polar surface area (TPSA) is 51.4 Å². The van der Waals surface area contributed by atoms with Gasteiger partial charge in [0.05, 0.1) is 16.3 Å². The number of hydrogen-bond donors (Lipinski definition) is 1. The molecule has 102 valence electrons. The van der Waals surface area contributed by atoms with Crippen molar-refractivity contribution in [3.8, 4) is 0 Å². The fraction of sp³-hybridized carbons (Fsp3) is 0.500. The Morgan fingerprint density at radius 2 is 2.37 bits per heavy atom. The number of nitrogens with zero attached hydrogens (tertiary/aromatic N) is 2. The third kappa shape index (κ3) is 2.59. The summed E-state index contributed by atoms with van der Waals surface area (Å²) in [4.78, 5) is 6.66. The van der Waals surface area contributed by atoms with E-state index in [1.54, 1.807) is 11.3 Å². The maximum absolute atomic E-state index is 5.74. The SMILES string of the molecule is CC1OCCC1N(C)Cc1ccc2nc(N)sc2c1. The van der Waals surface area contributed by atoms with Crippen molar-refractivity contribution in [3.05, 3.63) is 23.8 Å². The first-order chi connectivity index (χ1) is 9.13. The lowest BCUT2D eigenvalue weighted by atomic mass is 10.1. The Morgan fingerprint density at radius 3 is 3.11 bits per heavy atom. The molecule has 1 aliphatic rings. The maximum atomic E-state index is 5.74. The van der Waals surface area contributed by atoms with Crippen LogP contribution in [0.1, 0.15) is 18.9 Å². The number of likely N-dealkylation sites (N-methyl/N-ethyl adjacent to an activating group) is 1. The van der Waals surface area contributed by atoms with Crippen molar-refractivity contribution in [2.75, 3.05) is 19.4 Å². The summed E-state index contributed by atoms with van der Waals surface area (Å²) in [5, 5.41) is 0.637. The Balaban J connectivity index is 1.77. The highest BCUT2D eigenvalue weighted by Gasteiger charge is 2.27. The molecule has 0 bridgehead atoms. The summed E-state index contributed by atoms with van der Waals surface area (Å²) < 4.78 is 6.80. The molecule has 0 amide bonds. The van der Waals surface area contributed by atoms with Gasteiger partial charge >= 0.3 is 0 Å². The molecule has 3 rings (SSSR count). The van der Waals surface area contributed by atoms with E-state index < -0.39 is 0 Å². The quantitative estimate of drug-likeness (QED) is 0.936. The molecule has 1 aliphatic heterocycles. The first-order valence-electron chi connectivity index (χ1n) is 6.60. The molecule has 2 aromatic rings. The van der Waals surface area contributed by atoms with E-state index in [0.717, 1.165) is 25.1 Å². The Morgan fingerprint density at radius 1 is 1.53 bits per heavy atom. The number of aromatic nitrogens is 1. The van der Waals surface area contributed by atoms with E-state index in [9.17, 15) is 0 Å². The van der Waals surface area contributed by atoms with E-state index in [1.807, 2.05) is 0 Å². The monoisotopic (exact) mass is 277 g/mol. The predicted molar refractivity (Wildman–Crippen MR) is 79.3 cm³/mol. The summed E-state index contributed by atoms with van der Waals surface area (Å²) in [5.41, 5.74) is 8.04. The molecule has 1 aromatic carbocycles. The van der Waals surface area contributed by atoms with Crippen LogP contribution in [0, 0.1) is 0 Å². The normalized spacial score (nSPS) is 23.5. The maximum Gasteiger partial charge on any atom is 0.181 e. The standard InChI is InChI=1S/C14H19N3OS/c1-9-12(5-6-18-9)17(2)8-10-3-4-11-13(7-10)19-14(15)16-11/h3-4,7,9,12H,5-6,8H2,1-2H3,(H2,15,16). The molecule has 1 saturated heterocycles.